The van der Waals surface area contributed by atoms with E-state index in [2.05, 4.69) is 21.1 Å². The SMILES string of the molecule is Cc1nc(C2CCN([C@H](C)C#N)CC2)no1. The zero-order valence-corrected chi connectivity index (χ0v) is 9.68. The quantitative estimate of drug-likeness (QED) is 0.755. The Bertz CT molecular complexity index is 387. The molecule has 0 unspecified atom stereocenters. The molecule has 1 fully saturated rings. The largest absolute Gasteiger partial charge is 0.340 e. The maximum atomic E-state index is 8.84. The van der Waals surface area contributed by atoms with Crippen molar-refractivity contribution in [3.8, 4) is 6.07 Å². The molecule has 0 aromatic carbocycles. The summed E-state index contributed by atoms with van der Waals surface area (Å²) in [5.74, 6) is 1.84. The van der Waals surface area contributed by atoms with Gasteiger partial charge >= 0.3 is 0 Å². The topological polar surface area (TPSA) is 66.0 Å². The highest BCUT2D eigenvalue weighted by Crippen LogP contribution is 2.26. The van der Waals surface area contributed by atoms with Crippen molar-refractivity contribution < 1.29 is 4.52 Å². The van der Waals surface area contributed by atoms with Gasteiger partial charge in [-0.15, -0.1) is 0 Å². The Morgan fingerprint density at radius 3 is 2.69 bits per heavy atom. The highest BCUT2D eigenvalue weighted by atomic mass is 16.5. The Kier molecular flexibility index (Phi) is 3.20. The first kappa shape index (κ1) is 11.1. The van der Waals surface area contributed by atoms with Crippen LogP contribution in [0.3, 0.4) is 0 Å². The van der Waals surface area contributed by atoms with Crippen LogP contribution in [-0.4, -0.2) is 34.2 Å². The number of aryl methyl sites for hydroxylation is 1. The second kappa shape index (κ2) is 4.62. The van der Waals surface area contributed by atoms with Gasteiger partial charge in [0.15, 0.2) is 5.82 Å². The molecule has 0 saturated carbocycles. The molecule has 1 atom stereocenters. The van der Waals surface area contributed by atoms with Crippen molar-refractivity contribution >= 4 is 0 Å². The van der Waals surface area contributed by atoms with Gasteiger partial charge in [-0.3, -0.25) is 4.90 Å². The minimum absolute atomic E-state index is 0.00737. The van der Waals surface area contributed by atoms with Crippen molar-refractivity contribution in [2.75, 3.05) is 13.1 Å². The fourth-order valence-electron chi connectivity index (χ4n) is 2.11. The van der Waals surface area contributed by atoms with Crippen molar-refractivity contribution in [1.29, 1.82) is 5.26 Å². The maximum absolute atomic E-state index is 8.84. The van der Waals surface area contributed by atoms with Gasteiger partial charge in [0, 0.05) is 25.9 Å². The van der Waals surface area contributed by atoms with Gasteiger partial charge in [-0.2, -0.15) is 10.2 Å². The van der Waals surface area contributed by atoms with Crippen LogP contribution >= 0.6 is 0 Å². The summed E-state index contributed by atoms with van der Waals surface area (Å²) in [6, 6.07) is 2.28. The summed E-state index contributed by atoms with van der Waals surface area (Å²) in [6.07, 6.45) is 2.01. The van der Waals surface area contributed by atoms with Crippen LogP contribution < -0.4 is 0 Å². The summed E-state index contributed by atoms with van der Waals surface area (Å²) in [5.41, 5.74) is 0. The van der Waals surface area contributed by atoms with Crippen LogP contribution in [0.25, 0.3) is 0 Å². The van der Waals surface area contributed by atoms with E-state index in [1.54, 1.807) is 0 Å². The first-order valence-electron chi connectivity index (χ1n) is 5.64. The Morgan fingerprint density at radius 1 is 1.50 bits per heavy atom. The van der Waals surface area contributed by atoms with Gasteiger partial charge in [0.05, 0.1) is 12.1 Å². The molecule has 5 heteroatoms. The van der Waals surface area contributed by atoms with E-state index in [1.165, 1.54) is 0 Å². The van der Waals surface area contributed by atoms with Crippen molar-refractivity contribution in [2.24, 2.45) is 0 Å². The van der Waals surface area contributed by atoms with Crippen LogP contribution in [-0.2, 0) is 0 Å². The van der Waals surface area contributed by atoms with Crippen molar-refractivity contribution in [1.82, 2.24) is 15.0 Å². The summed E-state index contributed by atoms with van der Waals surface area (Å²) in [4.78, 5) is 6.46. The number of hydrogen-bond donors (Lipinski definition) is 0. The molecule has 16 heavy (non-hydrogen) atoms. The Labute approximate surface area is 95.0 Å². The lowest BCUT2D eigenvalue weighted by molar-refractivity contribution is 0.186. The Balaban J connectivity index is 1.93. The number of likely N-dealkylation sites (tertiary alicyclic amines) is 1. The average molecular weight is 220 g/mol. The maximum Gasteiger partial charge on any atom is 0.223 e. The van der Waals surface area contributed by atoms with E-state index in [-0.39, 0.29) is 6.04 Å². The minimum atomic E-state index is 0.00737. The van der Waals surface area contributed by atoms with Crippen LogP contribution in [0.15, 0.2) is 4.52 Å². The molecular formula is C11H16N4O. The zero-order valence-electron chi connectivity index (χ0n) is 9.68. The molecule has 0 bridgehead atoms. The van der Waals surface area contributed by atoms with Gasteiger partial charge in [-0.1, -0.05) is 5.16 Å². The lowest BCUT2D eigenvalue weighted by Crippen LogP contribution is -2.38. The number of nitrogens with zero attached hydrogens (tertiary/aromatic N) is 4. The van der Waals surface area contributed by atoms with E-state index >= 15 is 0 Å². The Hall–Kier alpha value is -1.41. The van der Waals surface area contributed by atoms with Crippen molar-refractivity contribution in [3.05, 3.63) is 11.7 Å². The molecule has 0 amide bonds. The number of piperidine rings is 1. The van der Waals surface area contributed by atoms with Crippen LogP contribution in [0.1, 0.15) is 37.4 Å². The fraction of sp³-hybridized carbons (Fsp3) is 0.727. The van der Waals surface area contributed by atoms with E-state index in [4.69, 9.17) is 9.78 Å². The highest BCUT2D eigenvalue weighted by Gasteiger charge is 2.26. The molecule has 1 aromatic rings. The monoisotopic (exact) mass is 220 g/mol. The summed E-state index contributed by atoms with van der Waals surface area (Å²) in [7, 11) is 0. The molecule has 1 aliphatic rings. The summed E-state index contributed by atoms with van der Waals surface area (Å²) < 4.78 is 4.99. The van der Waals surface area contributed by atoms with Gasteiger partial charge in [-0.25, -0.2) is 0 Å². The minimum Gasteiger partial charge on any atom is -0.340 e. The highest BCUT2D eigenvalue weighted by molar-refractivity contribution is 4.99. The molecule has 0 aliphatic carbocycles. The lowest BCUT2D eigenvalue weighted by Gasteiger charge is -2.31. The second-order valence-electron chi connectivity index (χ2n) is 4.29. The van der Waals surface area contributed by atoms with Gasteiger partial charge in [0.25, 0.3) is 0 Å². The van der Waals surface area contributed by atoms with E-state index in [9.17, 15) is 0 Å². The molecule has 2 heterocycles. The molecule has 0 radical (unpaired) electrons. The van der Waals surface area contributed by atoms with Crippen LogP contribution in [0.5, 0.6) is 0 Å². The Morgan fingerprint density at radius 2 is 2.19 bits per heavy atom. The normalized spacial score (nSPS) is 20.6. The van der Waals surface area contributed by atoms with Gasteiger partial charge in [-0.05, 0) is 19.8 Å². The number of hydrogen-bond acceptors (Lipinski definition) is 5. The van der Waals surface area contributed by atoms with E-state index in [0.717, 1.165) is 31.8 Å². The number of nitriles is 1. The number of aromatic nitrogens is 2. The molecule has 1 aliphatic heterocycles. The summed E-state index contributed by atoms with van der Waals surface area (Å²) in [5, 5.41) is 12.8. The zero-order chi connectivity index (χ0) is 11.5. The lowest BCUT2D eigenvalue weighted by atomic mass is 9.95. The average Bonchev–Trinajstić information content (AvgIpc) is 2.75. The van der Waals surface area contributed by atoms with E-state index in [1.807, 2.05) is 13.8 Å². The molecule has 5 nitrogen and oxygen atoms in total. The third-order valence-electron chi connectivity index (χ3n) is 3.17. The molecule has 2 rings (SSSR count). The van der Waals surface area contributed by atoms with Crippen LogP contribution in [0, 0.1) is 18.3 Å². The van der Waals surface area contributed by atoms with Crippen molar-refractivity contribution in [2.45, 2.75) is 38.6 Å². The molecule has 0 N–H and O–H groups in total. The number of rotatable bonds is 2. The summed E-state index contributed by atoms with van der Waals surface area (Å²) in [6.45, 7) is 5.63. The predicted octanol–water partition coefficient (Wildman–Crippen LogP) is 1.47. The third-order valence-corrected chi connectivity index (χ3v) is 3.17. The first-order valence-corrected chi connectivity index (χ1v) is 5.64. The van der Waals surface area contributed by atoms with E-state index < -0.39 is 0 Å². The van der Waals surface area contributed by atoms with Gasteiger partial charge in [0.2, 0.25) is 5.89 Å². The van der Waals surface area contributed by atoms with Crippen LogP contribution in [0.4, 0.5) is 0 Å². The van der Waals surface area contributed by atoms with Gasteiger partial charge < -0.3 is 4.52 Å². The standard InChI is InChI=1S/C11H16N4O/c1-8(7-12)15-5-3-10(4-6-15)11-13-9(2)16-14-11/h8,10H,3-6H2,1-2H3/t8-/m1/s1. The molecule has 0 spiro atoms. The first-order chi connectivity index (χ1) is 7.70. The van der Waals surface area contributed by atoms with Gasteiger partial charge in [0.1, 0.15) is 0 Å². The molecule has 1 aromatic heterocycles. The molecular weight excluding hydrogens is 204 g/mol. The second-order valence-corrected chi connectivity index (χ2v) is 4.29. The molecule has 1 saturated heterocycles. The predicted molar refractivity (Wildman–Crippen MR) is 57.7 cm³/mol. The van der Waals surface area contributed by atoms with Crippen LogP contribution in [0.2, 0.25) is 0 Å². The smallest absolute Gasteiger partial charge is 0.223 e. The summed E-state index contributed by atoms with van der Waals surface area (Å²) >= 11 is 0. The third kappa shape index (κ3) is 2.22. The van der Waals surface area contributed by atoms with E-state index in [0.29, 0.717) is 11.8 Å². The molecule has 86 valence electrons. The van der Waals surface area contributed by atoms with Crippen molar-refractivity contribution in [3.63, 3.8) is 0 Å². The fourth-order valence-corrected chi connectivity index (χ4v) is 2.11.